The van der Waals surface area contributed by atoms with Gasteiger partial charge in [0.2, 0.25) is 0 Å². The Balaban J connectivity index is 2.64. The summed E-state index contributed by atoms with van der Waals surface area (Å²) in [5.41, 5.74) is -0.0888. The van der Waals surface area contributed by atoms with Crippen LogP contribution in [-0.2, 0) is 16.8 Å². The lowest BCUT2D eigenvalue weighted by atomic mass is 9.96. The van der Waals surface area contributed by atoms with Gasteiger partial charge in [0.25, 0.3) is 0 Å². The van der Waals surface area contributed by atoms with Crippen LogP contribution in [-0.4, -0.2) is 25.8 Å². The zero-order chi connectivity index (χ0) is 10.8. The molecule has 14 heavy (non-hydrogen) atoms. The van der Waals surface area contributed by atoms with Crippen molar-refractivity contribution in [3.8, 4) is 0 Å². The number of aliphatic carboxylic acids is 1. The number of carbonyl (C=O) groups is 1. The third kappa shape index (κ3) is 2.83. The van der Waals surface area contributed by atoms with E-state index in [4.69, 9.17) is 5.11 Å². The number of rotatable bonds is 3. The maximum Gasteiger partial charge on any atom is 0.305 e. The summed E-state index contributed by atoms with van der Waals surface area (Å²) in [5.74, 6) is -0.0827. The molecule has 0 aliphatic carbocycles. The minimum atomic E-state index is -0.821. The third-order valence-electron chi connectivity index (χ3n) is 1.76. The molecule has 1 heterocycles. The first-order valence-electron chi connectivity index (χ1n) is 4.51. The van der Waals surface area contributed by atoms with Crippen molar-refractivity contribution in [2.24, 2.45) is 0 Å². The van der Waals surface area contributed by atoms with Crippen LogP contribution in [0.5, 0.6) is 0 Å². The van der Waals surface area contributed by atoms with Gasteiger partial charge in [-0.05, 0) is 0 Å². The van der Waals surface area contributed by atoms with Crippen LogP contribution >= 0.6 is 0 Å². The summed E-state index contributed by atoms with van der Waals surface area (Å²) in [5, 5.41) is 12.7. The first kappa shape index (κ1) is 10.7. The van der Waals surface area contributed by atoms with Gasteiger partial charge in [-0.15, -0.1) is 0 Å². The van der Waals surface area contributed by atoms with E-state index in [9.17, 15) is 4.79 Å². The van der Waals surface area contributed by atoms with Crippen LogP contribution in [0.4, 0.5) is 0 Å². The molecule has 1 rings (SSSR count). The summed E-state index contributed by atoms with van der Waals surface area (Å²) in [7, 11) is 0. The van der Waals surface area contributed by atoms with Gasteiger partial charge in [0.05, 0.1) is 13.0 Å². The Bertz CT molecular complexity index is 325. The van der Waals surface area contributed by atoms with E-state index in [1.54, 1.807) is 11.0 Å². The van der Waals surface area contributed by atoms with E-state index in [1.165, 1.54) is 0 Å². The Morgan fingerprint density at radius 3 is 2.64 bits per heavy atom. The van der Waals surface area contributed by atoms with E-state index in [-0.39, 0.29) is 11.8 Å². The van der Waals surface area contributed by atoms with Gasteiger partial charge < -0.3 is 5.11 Å². The largest absolute Gasteiger partial charge is 0.481 e. The second kappa shape index (κ2) is 3.77. The topological polar surface area (TPSA) is 68.0 Å². The van der Waals surface area contributed by atoms with Crippen LogP contribution in [0.15, 0.2) is 6.33 Å². The molecule has 5 nitrogen and oxygen atoms in total. The number of carboxylic acids is 1. The number of hydrogen-bond acceptors (Lipinski definition) is 3. The molecule has 0 spiro atoms. The van der Waals surface area contributed by atoms with Crippen LogP contribution in [0.25, 0.3) is 0 Å². The zero-order valence-corrected chi connectivity index (χ0v) is 8.69. The molecular weight excluding hydrogens is 182 g/mol. The predicted octanol–water partition coefficient (Wildman–Crippen LogP) is 1.05. The molecule has 0 radical (unpaired) electrons. The normalized spacial score (nSPS) is 11.6. The number of aromatic nitrogens is 3. The Morgan fingerprint density at radius 2 is 2.21 bits per heavy atom. The Kier molecular flexibility index (Phi) is 2.88. The first-order chi connectivity index (χ1) is 6.39. The van der Waals surface area contributed by atoms with Crippen LogP contribution in [0, 0.1) is 0 Å². The molecule has 0 unspecified atom stereocenters. The number of carboxylic acid groups (broad SMARTS) is 1. The molecule has 0 aliphatic heterocycles. The van der Waals surface area contributed by atoms with Gasteiger partial charge in [-0.1, -0.05) is 20.8 Å². The highest BCUT2D eigenvalue weighted by molar-refractivity contribution is 5.66. The summed E-state index contributed by atoms with van der Waals surface area (Å²) >= 11 is 0. The molecule has 78 valence electrons. The molecular formula is C9H15N3O2. The SMILES string of the molecule is CC(C)(C)c1ncn(CCC(=O)O)n1. The Labute approximate surface area is 82.8 Å². The maximum atomic E-state index is 10.3. The summed E-state index contributed by atoms with van der Waals surface area (Å²) in [6, 6.07) is 0. The minimum Gasteiger partial charge on any atom is -0.481 e. The number of nitrogens with zero attached hydrogens (tertiary/aromatic N) is 3. The van der Waals surface area contributed by atoms with Crippen molar-refractivity contribution in [2.75, 3.05) is 0 Å². The summed E-state index contributed by atoms with van der Waals surface area (Å²) in [6.07, 6.45) is 1.65. The van der Waals surface area contributed by atoms with Crippen molar-refractivity contribution in [2.45, 2.75) is 39.2 Å². The van der Waals surface area contributed by atoms with Gasteiger partial charge in [0, 0.05) is 5.41 Å². The van der Waals surface area contributed by atoms with Gasteiger partial charge in [-0.2, -0.15) is 5.10 Å². The lowest BCUT2D eigenvalue weighted by Crippen LogP contribution is -2.14. The smallest absolute Gasteiger partial charge is 0.305 e. The van der Waals surface area contributed by atoms with Crippen molar-refractivity contribution < 1.29 is 9.90 Å². The molecule has 0 saturated carbocycles. The van der Waals surface area contributed by atoms with Crippen LogP contribution in [0.2, 0.25) is 0 Å². The number of hydrogen-bond donors (Lipinski definition) is 1. The highest BCUT2D eigenvalue weighted by Gasteiger charge is 2.18. The van der Waals surface area contributed by atoms with E-state index >= 15 is 0 Å². The quantitative estimate of drug-likeness (QED) is 0.786. The lowest BCUT2D eigenvalue weighted by molar-refractivity contribution is -0.137. The highest BCUT2D eigenvalue weighted by Crippen LogP contribution is 2.16. The van der Waals surface area contributed by atoms with Crippen LogP contribution in [0.3, 0.4) is 0 Å². The van der Waals surface area contributed by atoms with Gasteiger partial charge in [-0.25, -0.2) is 4.98 Å². The van der Waals surface area contributed by atoms with Crippen molar-refractivity contribution in [3.63, 3.8) is 0 Å². The van der Waals surface area contributed by atoms with Crippen LogP contribution in [0.1, 0.15) is 33.0 Å². The molecule has 1 aromatic rings. The number of aryl methyl sites for hydroxylation is 1. The van der Waals surface area contributed by atoms with E-state index in [0.717, 1.165) is 5.82 Å². The molecule has 0 atom stereocenters. The average molecular weight is 197 g/mol. The zero-order valence-electron chi connectivity index (χ0n) is 8.69. The highest BCUT2D eigenvalue weighted by atomic mass is 16.4. The molecule has 1 N–H and O–H groups in total. The summed E-state index contributed by atoms with van der Waals surface area (Å²) in [6.45, 7) is 6.43. The fourth-order valence-electron chi connectivity index (χ4n) is 0.956. The fraction of sp³-hybridized carbons (Fsp3) is 0.667. The van der Waals surface area contributed by atoms with E-state index < -0.39 is 5.97 Å². The fourth-order valence-corrected chi connectivity index (χ4v) is 0.956. The second-order valence-corrected chi connectivity index (χ2v) is 4.22. The molecule has 0 saturated heterocycles. The average Bonchev–Trinajstić information content (AvgIpc) is 2.47. The third-order valence-corrected chi connectivity index (χ3v) is 1.76. The van der Waals surface area contributed by atoms with Gasteiger partial charge in [-0.3, -0.25) is 9.48 Å². The minimum absolute atomic E-state index is 0.0763. The molecule has 0 amide bonds. The molecule has 5 heteroatoms. The van der Waals surface area contributed by atoms with Gasteiger partial charge >= 0.3 is 5.97 Å². The van der Waals surface area contributed by atoms with Crippen molar-refractivity contribution in [1.29, 1.82) is 0 Å². The predicted molar refractivity (Wildman–Crippen MR) is 51.0 cm³/mol. The van der Waals surface area contributed by atoms with Crippen molar-refractivity contribution in [3.05, 3.63) is 12.2 Å². The standard InChI is InChI=1S/C9H15N3O2/c1-9(2,3)8-10-6-12(11-8)5-4-7(13)14/h6H,4-5H2,1-3H3,(H,13,14). The Hall–Kier alpha value is -1.39. The van der Waals surface area contributed by atoms with E-state index in [0.29, 0.717) is 6.54 Å². The maximum absolute atomic E-state index is 10.3. The molecule has 1 aromatic heterocycles. The molecule has 0 aromatic carbocycles. The Morgan fingerprint density at radius 1 is 1.57 bits per heavy atom. The first-order valence-corrected chi connectivity index (χ1v) is 4.51. The van der Waals surface area contributed by atoms with Gasteiger partial charge in [0.1, 0.15) is 6.33 Å². The van der Waals surface area contributed by atoms with Crippen molar-refractivity contribution in [1.82, 2.24) is 14.8 Å². The summed E-state index contributed by atoms with van der Waals surface area (Å²) in [4.78, 5) is 14.4. The van der Waals surface area contributed by atoms with Crippen molar-refractivity contribution >= 4 is 5.97 Å². The van der Waals surface area contributed by atoms with Gasteiger partial charge in [0.15, 0.2) is 5.82 Å². The monoisotopic (exact) mass is 197 g/mol. The second-order valence-electron chi connectivity index (χ2n) is 4.22. The van der Waals surface area contributed by atoms with E-state index in [1.807, 2.05) is 20.8 Å². The van der Waals surface area contributed by atoms with Crippen LogP contribution < -0.4 is 0 Å². The molecule has 0 aliphatic rings. The van der Waals surface area contributed by atoms with E-state index in [2.05, 4.69) is 10.1 Å². The molecule has 0 fully saturated rings. The molecule has 0 bridgehead atoms. The lowest BCUT2D eigenvalue weighted by Gasteiger charge is -2.12. The summed E-state index contributed by atoms with van der Waals surface area (Å²) < 4.78 is 1.56.